The predicted molar refractivity (Wildman–Crippen MR) is 104 cm³/mol. The lowest BCUT2D eigenvalue weighted by molar-refractivity contribution is 0.0302. The lowest BCUT2D eigenvalue weighted by atomic mass is 10.2. The van der Waals surface area contributed by atoms with Crippen molar-refractivity contribution in [3.05, 3.63) is 38.9 Å². The number of morpholine rings is 1. The SMILES string of the molecule is CC(C)c1nc(C(C)Nc2ncc(C(=O)N3CCOCC3)cc2Cl)cs1. The van der Waals surface area contributed by atoms with Crippen LogP contribution in [0.2, 0.25) is 5.02 Å². The van der Waals surface area contributed by atoms with Gasteiger partial charge in [-0.3, -0.25) is 4.79 Å². The third kappa shape index (κ3) is 4.34. The molecule has 140 valence electrons. The van der Waals surface area contributed by atoms with E-state index in [0.717, 1.165) is 10.7 Å². The highest BCUT2D eigenvalue weighted by atomic mass is 35.5. The molecule has 1 atom stereocenters. The minimum Gasteiger partial charge on any atom is -0.378 e. The Balaban J connectivity index is 1.69. The maximum atomic E-state index is 12.5. The van der Waals surface area contributed by atoms with Gasteiger partial charge in [0.25, 0.3) is 5.91 Å². The first-order valence-electron chi connectivity index (χ1n) is 8.70. The van der Waals surface area contributed by atoms with Crippen LogP contribution in [-0.4, -0.2) is 47.1 Å². The summed E-state index contributed by atoms with van der Waals surface area (Å²) in [4.78, 5) is 23.3. The molecular formula is C18H23ClN4O2S. The predicted octanol–water partition coefficient (Wildman–Crippen LogP) is 3.96. The topological polar surface area (TPSA) is 67.4 Å². The van der Waals surface area contributed by atoms with E-state index in [9.17, 15) is 4.79 Å². The number of aromatic nitrogens is 2. The summed E-state index contributed by atoms with van der Waals surface area (Å²) in [6.45, 7) is 8.59. The zero-order valence-electron chi connectivity index (χ0n) is 15.2. The van der Waals surface area contributed by atoms with Crippen LogP contribution in [0.25, 0.3) is 0 Å². The standard InChI is InChI=1S/C18H23ClN4O2S/c1-11(2)17-22-15(10-26-17)12(3)21-16-14(19)8-13(9-20-16)18(24)23-4-6-25-7-5-23/h8-12H,4-7H2,1-3H3,(H,20,21). The van der Waals surface area contributed by atoms with Crippen LogP contribution in [0.15, 0.2) is 17.6 Å². The van der Waals surface area contributed by atoms with Crippen molar-refractivity contribution in [1.82, 2.24) is 14.9 Å². The molecule has 1 N–H and O–H groups in total. The molecule has 1 unspecified atom stereocenters. The Morgan fingerprint density at radius 1 is 1.35 bits per heavy atom. The molecule has 2 aromatic rings. The number of halogens is 1. The number of thiazole rings is 1. The summed E-state index contributed by atoms with van der Waals surface area (Å²) in [6.07, 6.45) is 1.57. The highest BCUT2D eigenvalue weighted by Gasteiger charge is 2.20. The zero-order chi connectivity index (χ0) is 18.7. The largest absolute Gasteiger partial charge is 0.378 e. The van der Waals surface area contributed by atoms with Crippen molar-refractivity contribution in [2.45, 2.75) is 32.7 Å². The molecule has 0 bridgehead atoms. The van der Waals surface area contributed by atoms with E-state index in [1.54, 1.807) is 28.5 Å². The molecule has 1 aliphatic heterocycles. The molecule has 1 saturated heterocycles. The molecule has 2 aromatic heterocycles. The molecule has 1 fully saturated rings. The van der Waals surface area contributed by atoms with Gasteiger partial charge in [-0.2, -0.15) is 0 Å². The van der Waals surface area contributed by atoms with Crippen molar-refractivity contribution in [1.29, 1.82) is 0 Å². The number of anilines is 1. The van der Waals surface area contributed by atoms with Gasteiger partial charge in [0.15, 0.2) is 0 Å². The molecule has 0 aromatic carbocycles. The number of carbonyl (C=O) groups is 1. The fourth-order valence-electron chi connectivity index (χ4n) is 2.65. The Morgan fingerprint density at radius 3 is 2.69 bits per heavy atom. The van der Waals surface area contributed by atoms with Crippen molar-refractivity contribution in [2.24, 2.45) is 0 Å². The third-order valence-corrected chi connectivity index (χ3v) is 5.67. The van der Waals surface area contributed by atoms with Crippen molar-refractivity contribution >= 4 is 34.7 Å². The number of ether oxygens (including phenoxy) is 1. The van der Waals surface area contributed by atoms with Crippen LogP contribution >= 0.6 is 22.9 Å². The molecule has 6 nitrogen and oxygen atoms in total. The smallest absolute Gasteiger partial charge is 0.255 e. The van der Waals surface area contributed by atoms with Crippen molar-refractivity contribution in [2.75, 3.05) is 31.6 Å². The molecule has 8 heteroatoms. The average Bonchev–Trinajstić information content (AvgIpc) is 3.14. The second-order valence-electron chi connectivity index (χ2n) is 6.59. The third-order valence-electron chi connectivity index (χ3n) is 4.22. The van der Waals surface area contributed by atoms with E-state index in [1.165, 1.54) is 0 Å². The second-order valence-corrected chi connectivity index (χ2v) is 7.89. The van der Waals surface area contributed by atoms with Crippen molar-refractivity contribution in [3.63, 3.8) is 0 Å². The number of rotatable bonds is 5. The van der Waals surface area contributed by atoms with Crippen molar-refractivity contribution in [3.8, 4) is 0 Å². The number of hydrogen-bond donors (Lipinski definition) is 1. The van der Waals surface area contributed by atoms with E-state index in [0.29, 0.717) is 48.6 Å². The van der Waals surface area contributed by atoms with Gasteiger partial charge in [-0.05, 0) is 13.0 Å². The normalized spacial score (nSPS) is 16.0. The first-order chi connectivity index (χ1) is 12.5. The molecule has 1 amide bonds. The summed E-state index contributed by atoms with van der Waals surface area (Å²) >= 11 is 8.02. The lowest BCUT2D eigenvalue weighted by Gasteiger charge is -2.26. The number of nitrogens with zero attached hydrogens (tertiary/aromatic N) is 3. The van der Waals surface area contributed by atoms with E-state index < -0.39 is 0 Å². The summed E-state index contributed by atoms with van der Waals surface area (Å²) < 4.78 is 5.28. The minimum atomic E-state index is -0.0663. The monoisotopic (exact) mass is 394 g/mol. The minimum absolute atomic E-state index is 0.0236. The number of hydrogen-bond acceptors (Lipinski definition) is 6. The molecule has 26 heavy (non-hydrogen) atoms. The van der Waals surface area contributed by atoms with Crippen LogP contribution in [0.4, 0.5) is 5.82 Å². The van der Waals surface area contributed by atoms with Gasteiger partial charge in [-0.15, -0.1) is 11.3 Å². The molecular weight excluding hydrogens is 372 g/mol. The molecule has 0 aliphatic carbocycles. The van der Waals surface area contributed by atoms with Crippen LogP contribution in [0, 0.1) is 0 Å². The van der Waals surface area contributed by atoms with Crippen LogP contribution in [0.1, 0.15) is 53.8 Å². The molecule has 0 radical (unpaired) electrons. The second kappa shape index (κ2) is 8.33. The Kier molecular flexibility index (Phi) is 6.11. The first-order valence-corrected chi connectivity index (χ1v) is 9.96. The highest BCUT2D eigenvalue weighted by Crippen LogP contribution is 2.28. The van der Waals surface area contributed by atoms with E-state index in [-0.39, 0.29) is 11.9 Å². The molecule has 1 aliphatic rings. The molecule has 0 spiro atoms. The summed E-state index contributed by atoms with van der Waals surface area (Å²) in [5.41, 5.74) is 1.45. The number of carbonyl (C=O) groups excluding carboxylic acids is 1. The molecule has 0 saturated carbocycles. The van der Waals surface area contributed by atoms with Gasteiger partial charge in [0, 0.05) is 30.6 Å². The fourth-order valence-corrected chi connectivity index (χ4v) is 3.80. The summed E-state index contributed by atoms with van der Waals surface area (Å²) in [5, 5.41) is 6.87. The molecule has 3 rings (SSSR count). The Labute approximate surface area is 162 Å². The van der Waals surface area contributed by atoms with E-state index >= 15 is 0 Å². The maximum absolute atomic E-state index is 12.5. The van der Waals surface area contributed by atoms with Gasteiger partial charge in [0.1, 0.15) is 5.82 Å². The van der Waals surface area contributed by atoms with Crippen LogP contribution in [0.3, 0.4) is 0 Å². The van der Waals surface area contributed by atoms with E-state index in [2.05, 4.69) is 34.5 Å². The van der Waals surface area contributed by atoms with Gasteiger partial charge >= 0.3 is 0 Å². The van der Waals surface area contributed by atoms with Gasteiger partial charge in [-0.25, -0.2) is 9.97 Å². The summed E-state index contributed by atoms with van der Waals surface area (Å²) in [7, 11) is 0. The Hall–Kier alpha value is -1.70. The number of amides is 1. The fraction of sp³-hybridized carbons (Fsp3) is 0.500. The molecule has 3 heterocycles. The zero-order valence-corrected chi connectivity index (χ0v) is 16.7. The van der Waals surface area contributed by atoms with Crippen LogP contribution in [0.5, 0.6) is 0 Å². The Morgan fingerprint density at radius 2 is 2.08 bits per heavy atom. The van der Waals surface area contributed by atoms with Gasteiger partial charge in [0.05, 0.1) is 40.5 Å². The number of nitrogens with one attached hydrogen (secondary N) is 1. The average molecular weight is 395 g/mol. The highest BCUT2D eigenvalue weighted by molar-refractivity contribution is 7.09. The van der Waals surface area contributed by atoms with E-state index in [4.69, 9.17) is 16.3 Å². The van der Waals surface area contributed by atoms with E-state index in [1.807, 2.05) is 6.92 Å². The van der Waals surface area contributed by atoms with Crippen LogP contribution < -0.4 is 5.32 Å². The summed E-state index contributed by atoms with van der Waals surface area (Å²) in [5.74, 6) is 0.897. The maximum Gasteiger partial charge on any atom is 0.255 e. The van der Waals surface area contributed by atoms with Crippen molar-refractivity contribution < 1.29 is 9.53 Å². The van der Waals surface area contributed by atoms with Crippen LogP contribution in [-0.2, 0) is 4.74 Å². The van der Waals surface area contributed by atoms with Gasteiger partial charge in [0.2, 0.25) is 0 Å². The Bertz CT molecular complexity index is 774. The quantitative estimate of drug-likeness (QED) is 0.831. The first kappa shape index (κ1) is 19.1. The van der Waals surface area contributed by atoms with Gasteiger partial charge in [-0.1, -0.05) is 25.4 Å². The number of pyridine rings is 1. The lowest BCUT2D eigenvalue weighted by Crippen LogP contribution is -2.40. The van der Waals surface area contributed by atoms with Gasteiger partial charge < -0.3 is 15.0 Å². The summed E-state index contributed by atoms with van der Waals surface area (Å²) in [6, 6.07) is 1.65.